The van der Waals surface area contributed by atoms with Crippen LogP contribution in [0.5, 0.6) is 0 Å². The first-order valence-electron chi connectivity index (χ1n) is 6.98. The van der Waals surface area contributed by atoms with E-state index >= 15 is 0 Å². The van der Waals surface area contributed by atoms with Crippen LogP contribution in [0.15, 0.2) is 46.5 Å². The van der Waals surface area contributed by atoms with E-state index in [1.807, 2.05) is 12.3 Å². The molecule has 0 saturated heterocycles. The van der Waals surface area contributed by atoms with Gasteiger partial charge in [-0.2, -0.15) is 0 Å². The van der Waals surface area contributed by atoms with Crippen LogP contribution in [0.25, 0.3) is 0 Å². The average Bonchev–Trinajstić information content (AvgIpc) is 2.42. The van der Waals surface area contributed by atoms with Gasteiger partial charge in [0.05, 0.1) is 0 Å². The van der Waals surface area contributed by atoms with Crippen LogP contribution in [0.1, 0.15) is 30.5 Å². The molecular formula is C17H22N2S. The monoisotopic (exact) mass is 286 g/mol. The van der Waals surface area contributed by atoms with Gasteiger partial charge in [-0.1, -0.05) is 37.7 Å². The van der Waals surface area contributed by atoms with Crippen LogP contribution in [0.2, 0.25) is 0 Å². The van der Waals surface area contributed by atoms with Crippen LogP contribution in [-0.2, 0) is 6.54 Å². The lowest BCUT2D eigenvalue weighted by atomic mass is 10.1. The quantitative estimate of drug-likeness (QED) is 0.884. The van der Waals surface area contributed by atoms with Gasteiger partial charge in [0.25, 0.3) is 0 Å². The molecule has 2 nitrogen and oxygen atoms in total. The van der Waals surface area contributed by atoms with Gasteiger partial charge in [0, 0.05) is 23.7 Å². The summed E-state index contributed by atoms with van der Waals surface area (Å²) in [4.78, 5) is 5.77. The van der Waals surface area contributed by atoms with Crippen molar-refractivity contribution in [1.29, 1.82) is 0 Å². The minimum absolute atomic E-state index is 0.481. The minimum Gasteiger partial charge on any atom is -0.310 e. The summed E-state index contributed by atoms with van der Waals surface area (Å²) in [5.41, 5.74) is 3.91. The lowest BCUT2D eigenvalue weighted by Crippen LogP contribution is -2.22. The third-order valence-corrected chi connectivity index (χ3v) is 4.29. The molecule has 1 aromatic heterocycles. The van der Waals surface area contributed by atoms with E-state index in [1.165, 1.54) is 21.6 Å². The number of nitrogens with one attached hydrogen (secondary N) is 1. The maximum absolute atomic E-state index is 4.53. The molecule has 0 amide bonds. The summed E-state index contributed by atoms with van der Waals surface area (Å²) in [7, 11) is 0. The van der Waals surface area contributed by atoms with E-state index in [9.17, 15) is 0 Å². The second kappa shape index (κ2) is 6.91. The number of hydrogen-bond acceptors (Lipinski definition) is 3. The molecule has 20 heavy (non-hydrogen) atoms. The van der Waals surface area contributed by atoms with E-state index in [0.717, 1.165) is 11.6 Å². The maximum Gasteiger partial charge on any atom is 0.105 e. The highest BCUT2D eigenvalue weighted by Crippen LogP contribution is 2.29. The Balaban J connectivity index is 2.17. The third-order valence-electron chi connectivity index (χ3n) is 3.24. The molecule has 2 aromatic rings. The summed E-state index contributed by atoms with van der Waals surface area (Å²) in [6.07, 6.45) is 1.86. The SMILES string of the molecule is Cc1ccc(Sc2ncccc2CNC(C)C)cc1C. The highest BCUT2D eigenvalue weighted by Gasteiger charge is 2.07. The number of rotatable bonds is 5. The highest BCUT2D eigenvalue weighted by molar-refractivity contribution is 7.99. The topological polar surface area (TPSA) is 24.9 Å². The normalized spacial score (nSPS) is 11.1. The van der Waals surface area contributed by atoms with Crippen molar-refractivity contribution in [3.8, 4) is 0 Å². The predicted octanol–water partition coefficient (Wildman–Crippen LogP) is 4.35. The van der Waals surface area contributed by atoms with Crippen molar-refractivity contribution in [2.24, 2.45) is 0 Å². The summed E-state index contributed by atoms with van der Waals surface area (Å²) in [6.45, 7) is 9.47. The van der Waals surface area contributed by atoms with Gasteiger partial charge < -0.3 is 5.32 Å². The summed E-state index contributed by atoms with van der Waals surface area (Å²) < 4.78 is 0. The molecule has 0 aliphatic heterocycles. The lowest BCUT2D eigenvalue weighted by Gasteiger charge is -2.12. The molecule has 0 fully saturated rings. The second-order valence-electron chi connectivity index (χ2n) is 5.35. The fourth-order valence-electron chi connectivity index (χ4n) is 1.85. The smallest absolute Gasteiger partial charge is 0.105 e. The largest absolute Gasteiger partial charge is 0.310 e. The molecule has 0 bridgehead atoms. The van der Waals surface area contributed by atoms with Gasteiger partial charge in [0.2, 0.25) is 0 Å². The lowest BCUT2D eigenvalue weighted by molar-refractivity contribution is 0.582. The molecule has 2 rings (SSSR count). The molecular weight excluding hydrogens is 264 g/mol. The first-order chi connectivity index (χ1) is 9.56. The predicted molar refractivity (Wildman–Crippen MR) is 86.3 cm³/mol. The van der Waals surface area contributed by atoms with Crippen molar-refractivity contribution < 1.29 is 0 Å². The van der Waals surface area contributed by atoms with E-state index in [4.69, 9.17) is 0 Å². The van der Waals surface area contributed by atoms with E-state index in [0.29, 0.717) is 6.04 Å². The zero-order valence-electron chi connectivity index (χ0n) is 12.6. The van der Waals surface area contributed by atoms with Crippen molar-refractivity contribution in [3.63, 3.8) is 0 Å². The van der Waals surface area contributed by atoms with E-state index in [-0.39, 0.29) is 0 Å². The Labute approximate surface area is 126 Å². The molecule has 3 heteroatoms. The number of nitrogens with zero attached hydrogens (tertiary/aromatic N) is 1. The average molecular weight is 286 g/mol. The minimum atomic E-state index is 0.481. The number of benzene rings is 1. The van der Waals surface area contributed by atoms with Gasteiger partial charge in [0.15, 0.2) is 0 Å². The summed E-state index contributed by atoms with van der Waals surface area (Å²) in [6, 6.07) is 11.2. The van der Waals surface area contributed by atoms with Crippen molar-refractivity contribution in [2.45, 2.75) is 50.2 Å². The van der Waals surface area contributed by atoms with Crippen LogP contribution >= 0.6 is 11.8 Å². The molecule has 0 saturated carbocycles. The van der Waals surface area contributed by atoms with Gasteiger partial charge in [-0.05, 0) is 48.7 Å². The maximum atomic E-state index is 4.53. The molecule has 0 spiro atoms. The van der Waals surface area contributed by atoms with E-state index in [2.05, 4.69) is 62.3 Å². The Kier molecular flexibility index (Phi) is 5.21. The molecule has 1 N–H and O–H groups in total. The van der Waals surface area contributed by atoms with Gasteiger partial charge in [-0.3, -0.25) is 0 Å². The van der Waals surface area contributed by atoms with Crippen molar-refractivity contribution in [2.75, 3.05) is 0 Å². The molecule has 0 atom stereocenters. The molecule has 106 valence electrons. The Bertz CT molecular complexity index is 579. The summed E-state index contributed by atoms with van der Waals surface area (Å²) >= 11 is 1.74. The first-order valence-corrected chi connectivity index (χ1v) is 7.80. The zero-order chi connectivity index (χ0) is 14.5. The van der Waals surface area contributed by atoms with Crippen LogP contribution < -0.4 is 5.32 Å². The van der Waals surface area contributed by atoms with Crippen molar-refractivity contribution in [1.82, 2.24) is 10.3 Å². The fourth-order valence-corrected chi connectivity index (χ4v) is 2.83. The van der Waals surface area contributed by atoms with E-state index in [1.54, 1.807) is 11.8 Å². The summed E-state index contributed by atoms with van der Waals surface area (Å²) in [5, 5.41) is 4.54. The van der Waals surface area contributed by atoms with E-state index < -0.39 is 0 Å². The Morgan fingerprint density at radius 1 is 1.15 bits per heavy atom. The van der Waals surface area contributed by atoms with Gasteiger partial charge in [0.1, 0.15) is 5.03 Å². The second-order valence-corrected chi connectivity index (χ2v) is 6.41. The number of hydrogen-bond donors (Lipinski definition) is 1. The summed E-state index contributed by atoms with van der Waals surface area (Å²) in [5.74, 6) is 0. The first kappa shape index (κ1) is 15.1. The van der Waals surface area contributed by atoms with Crippen LogP contribution in [0.3, 0.4) is 0 Å². The molecule has 0 unspecified atom stereocenters. The van der Waals surface area contributed by atoms with Gasteiger partial charge in [-0.15, -0.1) is 0 Å². The third kappa shape index (κ3) is 4.09. The molecule has 0 aliphatic rings. The fraction of sp³-hybridized carbons (Fsp3) is 0.353. The Morgan fingerprint density at radius 2 is 1.95 bits per heavy atom. The zero-order valence-corrected chi connectivity index (χ0v) is 13.4. The molecule has 1 aromatic carbocycles. The van der Waals surface area contributed by atoms with Crippen molar-refractivity contribution >= 4 is 11.8 Å². The molecule has 0 radical (unpaired) electrons. The Hall–Kier alpha value is -1.32. The number of aryl methyl sites for hydroxylation is 2. The van der Waals surface area contributed by atoms with Crippen LogP contribution in [-0.4, -0.2) is 11.0 Å². The molecule has 0 aliphatic carbocycles. The van der Waals surface area contributed by atoms with Crippen molar-refractivity contribution in [3.05, 3.63) is 53.2 Å². The van der Waals surface area contributed by atoms with Gasteiger partial charge in [-0.25, -0.2) is 4.98 Å². The number of pyridine rings is 1. The molecule has 1 heterocycles. The van der Waals surface area contributed by atoms with Crippen LogP contribution in [0.4, 0.5) is 0 Å². The van der Waals surface area contributed by atoms with Crippen LogP contribution in [0, 0.1) is 13.8 Å². The van der Waals surface area contributed by atoms with Gasteiger partial charge >= 0.3 is 0 Å². The number of aromatic nitrogens is 1. The Morgan fingerprint density at radius 3 is 2.65 bits per heavy atom. The standard InChI is InChI=1S/C17H22N2S/c1-12(2)19-11-15-6-5-9-18-17(15)20-16-8-7-13(3)14(4)10-16/h5-10,12,19H,11H2,1-4H3. The highest BCUT2D eigenvalue weighted by atomic mass is 32.2.